The van der Waals surface area contributed by atoms with Gasteiger partial charge in [-0.15, -0.1) is 11.3 Å². The van der Waals surface area contributed by atoms with Crippen molar-refractivity contribution in [3.05, 3.63) is 43.8 Å². The van der Waals surface area contributed by atoms with Crippen LogP contribution in [-0.2, 0) is 11.3 Å². The highest BCUT2D eigenvalue weighted by Gasteiger charge is 2.14. The molecule has 0 unspecified atom stereocenters. The van der Waals surface area contributed by atoms with Crippen LogP contribution in [0.15, 0.2) is 29.1 Å². The molecular weight excluding hydrogens is 438 g/mol. The van der Waals surface area contributed by atoms with E-state index >= 15 is 0 Å². The number of hydrogen-bond acceptors (Lipinski definition) is 7. The number of nitrogens with zero attached hydrogens (tertiary/aromatic N) is 3. The third-order valence-electron chi connectivity index (χ3n) is 5.44. The van der Waals surface area contributed by atoms with Crippen molar-refractivity contribution in [1.82, 2.24) is 14.8 Å². The van der Waals surface area contributed by atoms with Crippen LogP contribution in [0.2, 0.25) is 0 Å². The molecule has 3 rings (SSSR count). The smallest absolute Gasteiger partial charge is 0.270 e. The van der Waals surface area contributed by atoms with Gasteiger partial charge in [-0.2, -0.15) is 5.26 Å². The van der Waals surface area contributed by atoms with Crippen molar-refractivity contribution in [1.29, 1.82) is 5.26 Å². The van der Waals surface area contributed by atoms with E-state index in [9.17, 15) is 14.9 Å². The van der Waals surface area contributed by atoms with Gasteiger partial charge in [-0.05, 0) is 51.9 Å². The van der Waals surface area contributed by atoms with Crippen LogP contribution in [0.1, 0.15) is 33.1 Å². The predicted octanol–water partition coefficient (Wildman–Crippen LogP) is 1.45. The maximum atomic E-state index is 12.8. The second-order valence-corrected chi connectivity index (χ2v) is 8.77. The van der Waals surface area contributed by atoms with Gasteiger partial charge in [-0.25, -0.2) is 0 Å². The zero-order valence-corrected chi connectivity index (χ0v) is 20.0. The first-order valence-electron chi connectivity index (χ1n) is 11.4. The molecule has 0 atom stereocenters. The van der Waals surface area contributed by atoms with Crippen molar-refractivity contribution < 1.29 is 9.53 Å². The Morgan fingerprint density at radius 2 is 2.06 bits per heavy atom. The van der Waals surface area contributed by atoms with Gasteiger partial charge in [-0.1, -0.05) is 12.5 Å². The third kappa shape index (κ3) is 6.46. The molecule has 1 aliphatic rings. The molecule has 1 fully saturated rings. The van der Waals surface area contributed by atoms with Crippen LogP contribution in [0.5, 0.6) is 5.75 Å². The Kier molecular flexibility index (Phi) is 9.10. The molecular formula is C24H31N5O3S. The van der Waals surface area contributed by atoms with Crippen LogP contribution >= 0.6 is 11.3 Å². The first-order valence-corrected chi connectivity index (χ1v) is 12.2. The first-order chi connectivity index (χ1) is 16.1. The fourth-order valence-electron chi connectivity index (χ4n) is 3.74. The van der Waals surface area contributed by atoms with Crippen molar-refractivity contribution in [3.8, 4) is 11.8 Å². The molecule has 1 aromatic heterocycles. The number of likely N-dealkylation sites (tertiary alicyclic amines) is 1. The second-order valence-electron chi connectivity index (χ2n) is 7.73. The molecule has 33 heavy (non-hydrogen) atoms. The van der Waals surface area contributed by atoms with Crippen molar-refractivity contribution in [2.45, 2.75) is 39.7 Å². The molecule has 0 bridgehead atoms. The van der Waals surface area contributed by atoms with Crippen LogP contribution in [-0.4, -0.2) is 48.2 Å². The van der Waals surface area contributed by atoms with E-state index in [1.807, 2.05) is 37.3 Å². The zero-order chi connectivity index (χ0) is 23.6. The molecule has 0 aliphatic carbocycles. The Bertz CT molecular complexity index is 1170. The average Bonchev–Trinajstić information content (AvgIpc) is 3.14. The summed E-state index contributed by atoms with van der Waals surface area (Å²) >= 11 is 1.13. The number of benzene rings is 1. The monoisotopic (exact) mass is 469 g/mol. The summed E-state index contributed by atoms with van der Waals surface area (Å²) in [5.74, 6) is 0.289. The van der Waals surface area contributed by atoms with E-state index in [2.05, 4.69) is 15.5 Å². The summed E-state index contributed by atoms with van der Waals surface area (Å²) in [6.07, 6.45) is 5.45. The van der Waals surface area contributed by atoms with E-state index in [0.29, 0.717) is 28.9 Å². The number of carbonyl (C=O) groups excluding carboxylic acids is 1. The van der Waals surface area contributed by atoms with Crippen molar-refractivity contribution in [2.24, 2.45) is 0 Å². The minimum absolute atomic E-state index is 0.0513. The van der Waals surface area contributed by atoms with Gasteiger partial charge in [0, 0.05) is 37.6 Å². The van der Waals surface area contributed by atoms with Crippen LogP contribution in [0.3, 0.4) is 0 Å². The second kappa shape index (κ2) is 12.2. The SMILES string of the molecule is CCNC(=O)/C(C#N)=c1\s/c(=C/Nc2cccc(OCCN3CCCCC3)c2)c(=O)n1CC. The number of thiazole rings is 1. The molecule has 0 radical (unpaired) electrons. The first kappa shape index (κ1) is 24.6. The van der Waals surface area contributed by atoms with Gasteiger partial charge in [-0.3, -0.25) is 19.1 Å². The van der Waals surface area contributed by atoms with E-state index in [0.717, 1.165) is 42.4 Å². The molecule has 0 spiro atoms. The minimum atomic E-state index is -0.475. The highest BCUT2D eigenvalue weighted by atomic mass is 32.1. The summed E-state index contributed by atoms with van der Waals surface area (Å²) in [6, 6.07) is 9.53. The maximum absolute atomic E-state index is 12.8. The van der Waals surface area contributed by atoms with Gasteiger partial charge in [0.1, 0.15) is 27.6 Å². The number of nitrogens with one attached hydrogen (secondary N) is 2. The van der Waals surface area contributed by atoms with E-state index in [1.165, 1.54) is 23.8 Å². The van der Waals surface area contributed by atoms with Crippen molar-refractivity contribution in [3.63, 3.8) is 0 Å². The van der Waals surface area contributed by atoms with E-state index in [1.54, 1.807) is 13.1 Å². The molecule has 176 valence electrons. The highest BCUT2D eigenvalue weighted by molar-refractivity contribution is 7.07. The lowest BCUT2D eigenvalue weighted by molar-refractivity contribution is -0.115. The van der Waals surface area contributed by atoms with Crippen molar-refractivity contribution in [2.75, 3.05) is 38.1 Å². The number of carbonyl (C=O) groups is 1. The highest BCUT2D eigenvalue weighted by Crippen LogP contribution is 2.17. The fraction of sp³-hybridized carbons (Fsp3) is 0.458. The van der Waals surface area contributed by atoms with Crippen LogP contribution in [0, 0.1) is 11.3 Å². The van der Waals surface area contributed by atoms with E-state index in [-0.39, 0.29) is 11.1 Å². The Labute approximate surface area is 197 Å². The zero-order valence-electron chi connectivity index (χ0n) is 19.2. The van der Waals surface area contributed by atoms with E-state index in [4.69, 9.17) is 4.74 Å². The molecule has 8 nitrogen and oxygen atoms in total. The lowest BCUT2D eigenvalue weighted by atomic mass is 10.1. The molecule has 1 amide bonds. The fourth-order valence-corrected chi connectivity index (χ4v) is 4.82. The molecule has 1 aromatic carbocycles. The number of ether oxygens (including phenoxy) is 1. The Morgan fingerprint density at radius 3 is 2.76 bits per heavy atom. The molecule has 9 heteroatoms. The van der Waals surface area contributed by atoms with Crippen LogP contribution in [0.25, 0.3) is 11.8 Å². The number of aromatic nitrogens is 1. The van der Waals surface area contributed by atoms with Gasteiger partial charge in [0.2, 0.25) is 0 Å². The number of hydrogen-bond donors (Lipinski definition) is 2. The predicted molar refractivity (Wildman–Crippen MR) is 132 cm³/mol. The molecule has 0 saturated carbocycles. The summed E-state index contributed by atoms with van der Waals surface area (Å²) in [5.41, 5.74) is 0.497. The number of nitriles is 1. The molecule has 2 N–H and O–H groups in total. The number of amides is 1. The van der Waals surface area contributed by atoms with E-state index < -0.39 is 5.91 Å². The van der Waals surface area contributed by atoms with Gasteiger partial charge < -0.3 is 15.4 Å². The Balaban J connectivity index is 1.76. The lowest BCUT2D eigenvalue weighted by Gasteiger charge is -2.26. The summed E-state index contributed by atoms with van der Waals surface area (Å²) in [4.78, 5) is 27.5. The Hall–Kier alpha value is -3.09. The average molecular weight is 470 g/mol. The Morgan fingerprint density at radius 1 is 1.27 bits per heavy atom. The number of piperidine rings is 1. The number of rotatable bonds is 9. The van der Waals surface area contributed by atoms with Crippen molar-refractivity contribution >= 4 is 34.7 Å². The summed E-state index contributed by atoms with van der Waals surface area (Å²) in [7, 11) is 0. The molecule has 1 saturated heterocycles. The van der Waals surface area contributed by atoms with Gasteiger partial charge in [0.15, 0.2) is 5.57 Å². The normalized spacial score (nSPS) is 15.6. The van der Waals surface area contributed by atoms with Gasteiger partial charge in [0.25, 0.3) is 11.5 Å². The lowest BCUT2D eigenvalue weighted by Crippen LogP contribution is -2.34. The standard InChI is InChI=1S/C24H31N5O3S/c1-3-26-22(30)20(16-25)24-29(4-2)23(31)21(33-24)17-27-18-9-8-10-19(15-18)32-14-13-28-11-6-5-7-12-28/h8-10,15,17,27H,3-7,11-14H2,1-2H3,(H,26,30)/b21-17+,24-20-. The van der Waals surface area contributed by atoms with Crippen LogP contribution < -0.4 is 30.1 Å². The topological polar surface area (TPSA) is 99.4 Å². The number of anilines is 1. The quantitative estimate of drug-likeness (QED) is 0.577. The summed E-state index contributed by atoms with van der Waals surface area (Å²) in [5, 5.41) is 15.3. The minimum Gasteiger partial charge on any atom is -0.492 e. The largest absolute Gasteiger partial charge is 0.492 e. The summed E-state index contributed by atoms with van der Waals surface area (Å²) < 4.78 is 8.15. The molecule has 2 heterocycles. The third-order valence-corrected chi connectivity index (χ3v) is 6.57. The van der Waals surface area contributed by atoms with Crippen LogP contribution in [0.4, 0.5) is 5.69 Å². The maximum Gasteiger partial charge on any atom is 0.270 e. The van der Waals surface area contributed by atoms with Gasteiger partial charge >= 0.3 is 0 Å². The molecule has 1 aliphatic heterocycles. The molecule has 2 aromatic rings. The van der Waals surface area contributed by atoms with Gasteiger partial charge in [0.05, 0.1) is 0 Å². The summed E-state index contributed by atoms with van der Waals surface area (Å²) in [6.45, 7) is 8.20.